The Hall–Kier alpha value is -1.34. The van der Waals surface area contributed by atoms with Crippen LogP contribution in [0.4, 0.5) is 0 Å². The molecule has 1 unspecified atom stereocenters. The van der Waals surface area contributed by atoms with Crippen LogP contribution in [0, 0.1) is 17.2 Å². The van der Waals surface area contributed by atoms with Crippen molar-refractivity contribution in [3.8, 4) is 6.07 Å². The first-order chi connectivity index (χ1) is 8.38. The lowest BCUT2D eigenvalue weighted by molar-refractivity contribution is 0.483. The number of aromatic nitrogens is 2. The topological polar surface area (TPSA) is 53.6 Å². The lowest BCUT2D eigenvalue weighted by atomic mass is 10.0. The van der Waals surface area contributed by atoms with Crippen LogP contribution in [0.3, 0.4) is 0 Å². The summed E-state index contributed by atoms with van der Waals surface area (Å²) < 4.78 is 2.31. The molecule has 0 saturated carbocycles. The molecule has 4 heteroatoms. The molecule has 1 atom stereocenters. The highest BCUT2D eigenvalue weighted by atomic mass is 15.1. The first kappa shape index (κ1) is 10.8. The standard InChI is InChI=1S/C13H18N4/c14-8-11-12-3-1-2-6-17(12)13(16-11)7-10-4-5-15-9-10/h10,15H,1-7,9H2. The van der Waals surface area contributed by atoms with Gasteiger partial charge in [0.05, 0.1) is 5.69 Å². The predicted molar refractivity (Wildman–Crippen MR) is 64.6 cm³/mol. The molecule has 17 heavy (non-hydrogen) atoms. The van der Waals surface area contributed by atoms with Gasteiger partial charge in [-0.3, -0.25) is 0 Å². The lowest BCUT2D eigenvalue weighted by Gasteiger charge is -2.17. The molecule has 2 aliphatic rings. The van der Waals surface area contributed by atoms with Gasteiger partial charge in [0.25, 0.3) is 0 Å². The molecule has 0 amide bonds. The molecule has 3 rings (SSSR count). The molecular formula is C13H18N4. The summed E-state index contributed by atoms with van der Waals surface area (Å²) in [6, 6.07) is 2.25. The summed E-state index contributed by atoms with van der Waals surface area (Å²) in [5, 5.41) is 12.5. The number of imidazole rings is 1. The summed E-state index contributed by atoms with van der Waals surface area (Å²) in [6.45, 7) is 3.28. The molecule has 2 aliphatic heterocycles. The minimum absolute atomic E-state index is 0.672. The first-order valence-electron chi connectivity index (χ1n) is 6.57. The van der Waals surface area contributed by atoms with E-state index in [0.29, 0.717) is 11.6 Å². The fourth-order valence-electron chi connectivity index (χ4n) is 3.01. The third-order valence-corrected chi connectivity index (χ3v) is 3.94. The van der Waals surface area contributed by atoms with Crippen molar-refractivity contribution in [1.29, 1.82) is 5.26 Å². The maximum absolute atomic E-state index is 9.13. The summed E-state index contributed by atoms with van der Waals surface area (Å²) in [4.78, 5) is 4.55. The van der Waals surface area contributed by atoms with E-state index >= 15 is 0 Å². The van der Waals surface area contributed by atoms with Crippen LogP contribution in [0.15, 0.2) is 0 Å². The molecule has 3 heterocycles. The van der Waals surface area contributed by atoms with E-state index in [-0.39, 0.29) is 0 Å². The van der Waals surface area contributed by atoms with Crippen molar-refractivity contribution in [1.82, 2.24) is 14.9 Å². The highest BCUT2D eigenvalue weighted by molar-refractivity contribution is 5.30. The molecule has 0 aliphatic carbocycles. The molecule has 0 radical (unpaired) electrons. The second-order valence-electron chi connectivity index (χ2n) is 5.11. The Morgan fingerprint density at radius 2 is 2.41 bits per heavy atom. The van der Waals surface area contributed by atoms with E-state index in [1.807, 2.05) is 0 Å². The van der Waals surface area contributed by atoms with Crippen LogP contribution in [0.2, 0.25) is 0 Å². The van der Waals surface area contributed by atoms with Gasteiger partial charge in [0, 0.05) is 13.0 Å². The third kappa shape index (κ3) is 1.96. The van der Waals surface area contributed by atoms with E-state index < -0.39 is 0 Å². The Morgan fingerprint density at radius 1 is 1.47 bits per heavy atom. The van der Waals surface area contributed by atoms with E-state index in [9.17, 15) is 0 Å². The number of fused-ring (bicyclic) bond motifs is 1. The van der Waals surface area contributed by atoms with E-state index in [2.05, 4.69) is 20.9 Å². The van der Waals surface area contributed by atoms with Crippen molar-refractivity contribution in [3.05, 3.63) is 17.2 Å². The third-order valence-electron chi connectivity index (χ3n) is 3.94. The normalized spacial score (nSPS) is 23.4. The number of nitriles is 1. The van der Waals surface area contributed by atoms with Crippen LogP contribution in [0.25, 0.3) is 0 Å². The maximum Gasteiger partial charge on any atom is 0.161 e. The molecular weight excluding hydrogens is 212 g/mol. The van der Waals surface area contributed by atoms with Crippen LogP contribution in [0.1, 0.15) is 36.5 Å². The smallest absolute Gasteiger partial charge is 0.161 e. The average Bonchev–Trinajstić information content (AvgIpc) is 2.98. The van der Waals surface area contributed by atoms with E-state index in [4.69, 9.17) is 5.26 Å². The van der Waals surface area contributed by atoms with Crippen molar-refractivity contribution in [2.75, 3.05) is 13.1 Å². The van der Waals surface area contributed by atoms with Crippen molar-refractivity contribution < 1.29 is 0 Å². The largest absolute Gasteiger partial charge is 0.331 e. The van der Waals surface area contributed by atoms with Gasteiger partial charge in [-0.2, -0.15) is 5.26 Å². The number of nitrogens with one attached hydrogen (secondary N) is 1. The quantitative estimate of drug-likeness (QED) is 0.831. The minimum atomic E-state index is 0.672. The van der Waals surface area contributed by atoms with Crippen molar-refractivity contribution in [2.45, 2.75) is 38.6 Å². The lowest BCUT2D eigenvalue weighted by Crippen LogP contribution is -2.17. The molecule has 4 nitrogen and oxygen atoms in total. The van der Waals surface area contributed by atoms with Gasteiger partial charge in [0.15, 0.2) is 5.69 Å². The molecule has 1 fully saturated rings. The van der Waals surface area contributed by atoms with Crippen molar-refractivity contribution >= 4 is 0 Å². The Labute approximate surface area is 102 Å². The van der Waals surface area contributed by atoms with E-state index in [1.54, 1.807) is 0 Å². The molecule has 1 aromatic heterocycles. The maximum atomic E-state index is 9.13. The number of nitrogens with zero attached hydrogens (tertiary/aromatic N) is 3. The molecule has 1 N–H and O–H groups in total. The van der Waals surface area contributed by atoms with Crippen LogP contribution in [-0.4, -0.2) is 22.6 Å². The summed E-state index contributed by atoms with van der Waals surface area (Å²) in [7, 11) is 0. The second kappa shape index (κ2) is 4.50. The molecule has 0 bridgehead atoms. The van der Waals surface area contributed by atoms with Crippen molar-refractivity contribution in [3.63, 3.8) is 0 Å². The SMILES string of the molecule is N#Cc1nc(CC2CCNC2)n2c1CCCC2. The summed E-state index contributed by atoms with van der Waals surface area (Å²) >= 11 is 0. The van der Waals surface area contributed by atoms with Crippen molar-refractivity contribution in [2.24, 2.45) is 5.92 Å². The number of hydrogen-bond acceptors (Lipinski definition) is 3. The van der Waals surface area contributed by atoms with Gasteiger partial charge in [-0.05, 0) is 44.7 Å². The van der Waals surface area contributed by atoms with Crippen LogP contribution < -0.4 is 5.32 Å². The molecule has 90 valence electrons. The van der Waals surface area contributed by atoms with Gasteiger partial charge in [-0.1, -0.05) is 0 Å². The average molecular weight is 230 g/mol. The van der Waals surface area contributed by atoms with Gasteiger partial charge >= 0.3 is 0 Å². The van der Waals surface area contributed by atoms with E-state index in [1.165, 1.54) is 25.0 Å². The molecule has 0 aromatic carbocycles. The minimum Gasteiger partial charge on any atom is -0.331 e. The first-order valence-corrected chi connectivity index (χ1v) is 6.57. The van der Waals surface area contributed by atoms with Crippen LogP contribution in [-0.2, 0) is 19.4 Å². The Bertz CT molecular complexity index is 449. The fraction of sp³-hybridized carbons (Fsp3) is 0.692. The second-order valence-corrected chi connectivity index (χ2v) is 5.11. The number of hydrogen-bond donors (Lipinski definition) is 1. The van der Waals surface area contributed by atoms with Gasteiger partial charge in [0.1, 0.15) is 11.9 Å². The predicted octanol–water partition coefficient (Wildman–Crippen LogP) is 1.24. The highest BCUT2D eigenvalue weighted by Gasteiger charge is 2.23. The molecule has 1 saturated heterocycles. The van der Waals surface area contributed by atoms with Gasteiger partial charge < -0.3 is 9.88 Å². The van der Waals surface area contributed by atoms with Gasteiger partial charge in [0.2, 0.25) is 0 Å². The zero-order valence-electron chi connectivity index (χ0n) is 10.1. The van der Waals surface area contributed by atoms with Gasteiger partial charge in [-0.15, -0.1) is 0 Å². The monoisotopic (exact) mass is 230 g/mol. The fourth-order valence-corrected chi connectivity index (χ4v) is 3.01. The summed E-state index contributed by atoms with van der Waals surface area (Å²) in [5.74, 6) is 1.85. The van der Waals surface area contributed by atoms with Crippen LogP contribution >= 0.6 is 0 Å². The molecule has 0 spiro atoms. The molecule has 1 aromatic rings. The van der Waals surface area contributed by atoms with E-state index in [0.717, 1.165) is 38.3 Å². The Balaban J connectivity index is 1.88. The Kier molecular flexibility index (Phi) is 2.86. The number of rotatable bonds is 2. The van der Waals surface area contributed by atoms with Crippen LogP contribution in [0.5, 0.6) is 0 Å². The summed E-state index contributed by atoms with van der Waals surface area (Å²) in [5.41, 5.74) is 1.85. The zero-order chi connectivity index (χ0) is 11.7. The summed E-state index contributed by atoms with van der Waals surface area (Å²) in [6.07, 6.45) is 5.72. The Morgan fingerprint density at radius 3 is 3.18 bits per heavy atom. The highest BCUT2D eigenvalue weighted by Crippen LogP contribution is 2.23. The zero-order valence-corrected chi connectivity index (χ0v) is 10.1. The van der Waals surface area contributed by atoms with Gasteiger partial charge in [-0.25, -0.2) is 4.98 Å².